The number of hydrogen-bond acceptors (Lipinski definition) is 4. The molecule has 2 aromatic rings. The van der Waals surface area contributed by atoms with Crippen molar-refractivity contribution in [3.63, 3.8) is 0 Å². The molecular weight excluding hydrogens is 363 g/mol. The maximum Gasteiger partial charge on any atom is 0.344 e. The standard InChI is InChI=1S/C19H18F3NO4/c1-10-5-4-6-11(2)18(10)26-9-15(24)27-12(3)19(25)23-14-8-7-13(20)16(21)17(14)22/h4-8,12H,9H2,1-3H3,(H,23,25)/t12-/m1/s1. The van der Waals surface area contributed by atoms with E-state index in [-0.39, 0.29) is 0 Å². The van der Waals surface area contributed by atoms with E-state index in [1.54, 1.807) is 0 Å². The van der Waals surface area contributed by atoms with Crippen LogP contribution in [-0.2, 0) is 14.3 Å². The first-order valence-corrected chi connectivity index (χ1v) is 8.03. The summed E-state index contributed by atoms with van der Waals surface area (Å²) in [4.78, 5) is 23.8. The van der Waals surface area contributed by atoms with E-state index in [0.717, 1.165) is 17.2 Å². The molecule has 0 bridgehead atoms. The summed E-state index contributed by atoms with van der Waals surface area (Å²) in [6.07, 6.45) is -1.30. The minimum atomic E-state index is -1.71. The van der Waals surface area contributed by atoms with Gasteiger partial charge in [-0.1, -0.05) is 18.2 Å². The largest absolute Gasteiger partial charge is 0.481 e. The maximum absolute atomic E-state index is 13.6. The maximum atomic E-state index is 13.6. The van der Waals surface area contributed by atoms with E-state index in [0.29, 0.717) is 11.8 Å². The summed E-state index contributed by atoms with van der Waals surface area (Å²) in [5, 5.41) is 2.04. The lowest BCUT2D eigenvalue weighted by molar-refractivity contribution is -0.155. The van der Waals surface area contributed by atoms with Gasteiger partial charge in [0, 0.05) is 0 Å². The highest BCUT2D eigenvalue weighted by Gasteiger charge is 2.21. The van der Waals surface area contributed by atoms with Gasteiger partial charge in [0.1, 0.15) is 5.75 Å². The van der Waals surface area contributed by atoms with E-state index in [4.69, 9.17) is 9.47 Å². The zero-order valence-corrected chi connectivity index (χ0v) is 14.9. The third-order valence-electron chi connectivity index (χ3n) is 3.71. The summed E-state index contributed by atoms with van der Waals surface area (Å²) >= 11 is 0. The first-order valence-electron chi connectivity index (χ1n) is 8.03. The Bertz CT molecular complexity index is 850. The van der Waals surface area contributed by atoms with Crippen LogP contribution in [0, 0.1) is 31.3 Å². The number of para-hydroxylation sites is 1. The van der Waals surface area contributed by atoms with Gasteiger partial charge >= 0.3 is 5.97 Å². The fraction of sp³-hybridized carbons (Fsp3) is 0.263. The summed E-state index contributed by atoms with van der Waals surface area (Å²) < 4.78 is 50.0. The van der Waals surface area contributed by atoms with Crippen molar-refractivity contribution in [1.29, 1.82) is 0 Å². The number of carbonyl (C=O) groups excluding carboxylic acids is 2. The molecule has 0 fully saturated rings. The third kappa shape index (κ3) is 4.99. The molecule has 1 atom stereocenters. The highest BCUT2D eigenvalue weighted by Crippen LogP contribution is 2.22. The molecule has 1 N–H and O–H groups in total. The van der Waals surface area contributed by atoms with Crippen LogP contribution in [-0.4, -0.2) is 24.6 Å². The molecule has 0 heterocycles. The lowest BCUT2D eigenvalue weighted by Crippen LogP contribution is -2.32. The van der Waals surface area contributed by atoms with Crippen LogP contribution >= 0.6 is 0 Å². The summed E-state index contributed by atoms with van der Waals surface area (Å²) in [5.41, 5.74) is 1.11. The Labute approximate surface area is 154 Å². The van der Waals surface area contributed by atoms with Crippen molar-refractivity contribution >= 4 is 17.6 Å². The molecule has 144 valence electrons. The molecule has 0 aliphatic rings. The number of carbonyl (C=O) groups is 2. The fourth-order valence-corrected chi connectivity index (χ4v) is 2.30. The molecular formula is C19H18F3NO4. The quantitative estimate of drug-likeness (QED) is 0.613. The number of esters is 1. The normalized spacial score (nSPS) is 11.6. The second-order valence-corrected chi connectivity index (χ2v) is 5.85. The van der Waals surface area contributed by atoms with Crippen molar-refractivity contribution in [2.45, 2.75) is 26.9 Å². The molecule has 27 heavy (non-hydrogen) atoms. The van der Waals surface area contributed by atoms with Gasteiger partial charge in [-0.3, -0.25) is 4.79 Å². The Morgan fingerprint density at radius 2 is 1.67 bits per heavy atom. The average Bonchev–Trinajstić information content (AvgIpc) is 2.61. The van der Waals surface area contributed by atoms with Gasteiger partial charge in [-0.2, -0.15) is 0 Å². The monoisotopic (exact) mass is 381 g/mol. The predicted octanol–water partition coefficient (Wildman–Crippen LogP) is 3.67. The number of aryl methyl sites for hydroxylation is 2. The van der Waals surface area contributed by atoms with E-state index in [9.17, 15) is 22.8 Å². The van der Waals surface area contributed by atoms with Gasteiger partial charge in [0.15, 0.2) is 30.2 Å². The van der Waals surface area contributed by atoms with Gasteiger partial charge in [-0.15, -0.1) is 0 Å². The van der Waals surface area contributed by atoms with E-state index < -0.39 is 47.7 Å². The van der Waals surface area contributed by atoms with E-state index in [2.05, 4.69) is 0 Å². The van der Waals surface area contributed by atoms with Crippen molar-refractivity contribution in [1.82, 2.24) is 0 Å². The fourth-order valence-electron chi connectivity index (χ4n) is 2.30. The molecule has 0 spiro atoms. The van der Waals surface area contributed by atoms with Crippen LogP contribution < -0.4 is 10.1 Å². The second kappa shape index (κ2) is 8.57. The topological polar surface area (TPSA) is 64.6 Å². The molecule has 0 saturated carbocycles. The number of halogens is 3. The van der Waals surface area contributed by atoms with Gasteiger partial charge in [0.2, 0.25) is 0 Å². The Morgan fingerprint density at radius 1 is 1.04 bits per heavy atom. The van der Waals surface area contributed by atoms with E-state index in [1.165, 1.54) is 6.92 Å². The molecule has 0 aliphatic heterocycles. The SMILES string of the molecule is Cc1cccc(C)c1OCC(=O)O[C@H](C)C(=O)Nc1ccc(F)c(F)c1F. The molecule has 0 saturated heterocycles. The Morgan fingerprint density at radius 3 is 2.30 bits per heavy atom. The number of ether oxygens (including phenoxy) is 2. The minimum Gasteiger partial charge on any atom is -0.481 e. The van der Waals surface area contributed by atoms with Crippen LogP contribution in [0.5, 0.6) is 5.75 Å². The van der Waals surface area contributed by atoms with Crippen molar-refractivity contribution in [2.75, 3.05) is 11.9 Å². The Kier molecular flexibility index (Phi) is 6.44. The van der Waals surface area contributed by atoms with Crippen molar-refractivity contribution < 1.29 is 32.2 Å². The molecule has 0 unspecified atom stereocenters. The second-order valence-electron chi connectivity index (χ2n) is 5.85. The van der Waals surface area contributed by atoms with Crippen LogP contribution in [0.2, 0.25) is 0 Å². The van der Waals surface area contributed by atoms with Gasteiger partial charge in [-0.25, -0.2) is 18.0 Å². The lowest BCUT2D eigenvalue weighted by atomic mass is 10.1. The number of benzene rings is 2. The Balaban J connectivity index is 1.92. The third-order valence-corrected chi connectivity index (χ3v) is 3.71. The molecule has 2 rings (SSSR count). The molecule has 0 radical (unpaired) electrons. The van der Waals surface area contributed by atoms with Crippen molar-refractivity contribution in [3.8, 4) is 5.75 Å². The molecule has 0 aliphatic carbocycles. The zero-order chi connectivity index (χ0) is 20.1. The summed E-state index contributed by atoms with van der Waals surface area (Å²) in [6, 6.07) is 7.02. The van der Waals surface area contributed by atoms with Crippen molar-refractivity contribution in [2.24, 2.45) is 0 Å². The van der Waals surface area contributed by atoms with Gasteiger partial charge < -0.3 is 14.8 Å². The van der Waals surface area contributed by atoms with Gasteiger partial charge in [0.05, 0.1) is 5.69 Å². The Hall–Kier alpha value is -3.03. The highest BCUT2D eigenvalue weighted by molar-refractivity contribution is 5.95. The average molecular weight is 381 g/mol. The molecule has 5 nitrogen and oxygen atoms in total. The molecule has 1 amide bonds. The van der Waals surface area contributed by atoms with E-state index in [1.807, 2.05) is 37.4 Å². The smallest absolute Gasteiger partial charge is 0.344 e. The highest BCUT2D eigenvalue weighted by atomic mass is 19.2. The first kappa shape index (κ1) is 20.3. The van der Waals surface area contributed by atoms with Crippen LogP contribution in [0.25, 0.3) is 0 Å². The van der Waals surface area contributed by atoms with Crippen LogP contribution in [0.15, 0.2) is 30.3 Å². The first-order chi connectivity index (χ1) is 12.7. The zero-order valence-electron chi connectivity index (χ0n) is 14.9. The molecule has 8 heteroatoms. The number of anilines is 1. The molecule has 0 aromatic heterocycles. The van der Waals surface area contributed by atoms with Crippen LogP contribution in [0.1, 0.15) is 18.1 Å². The van der Waals surface area contributed by atoms with Crippen molar-refractivity contribution in [3.05, 3.63) is 58.9 Å². The minimum absolute atomic E-state index is 0.428. The summed E-state index contributed by atoms with van der Waals surface area (Å²) in [6.45, 7) is 4.47. The summed E-state index contributed by atoms with van der Waals surface area (Å²) in [7, 11) is 0. The number of nitrogens with one attached hydrogen (secondary N) is 1. The van der Waals surface area contributed by atoms with Crippen LogP contribution in [0.3, 0.4) is 0 Å². The molecule has 2 aromatic carbocycles. The van der Waals surface area contributed by atoms with E-state index >= 15 is 0 Å². The van der Waals surface area contributed by atoms with Gasteiger partial charge in [0.25, 0.3) is 5.91 Å². The lowest BCUT2D eigenvalue weighted by Gasteiger charge is -2.15. The summed E-state index contributed by atoms with van der Waals surface area (Å²) in [5.74, 6) is -5.81. The van der Waals surface area contributed by atoms with Crippen LogP contribution in [0.4, 0.5) is 18.9 Å². The number of amides is 1. The number of hydrogen-bond donors (Lipinski definition) is 1. The number of rotatable bonds is 6. The predicted molar refractivity (Wildman–Crippen MR) is 91.9 cm³/mol. The van der Waals surface area contributed by atoms with Gasteiger partial charge in [-0.05, 0) is 44.0 Å².